The van der Waals surface area contributed by atoms with E-state index in [9.17, 15) is 14.7 Å². The minimum Gasteiger partial charge on any atom is -0.508 e. The van der Waals surface area contributed by atoms with E-state index in [1.54, 1.807) is 6.07 Å². The van der Waals surface area contributed by atoms with Gasteiger partial charge in [0.15, 0.2) is 6.10 Å². The molecule has 1 aliphatic heterocycles. The molecule has 1 atom stereocenters. The Bertz CT molecular complexity index is 742. The molecule has 5 heteroatoms. The minimum atomic E-state index is -0.717. The molecule has 1 aliphatic rings. The van der Waals surface area contributed by atoms with E-state index in [0.29, 0.717) is 17.9 Å². The second kappa shape index (κ2) is 6.12. The van der Waals surface area contributed by atoms with Crippen molar-refractivity contribution in [2.45, 2.75) is 19.4 Å². The number of Topliss-reactive ketones (excluding diaryl/α,β-unsaturated/α-hetero) is 1. The number of phenols is 1. The van der Waals surface area contributed by atoms with E-state index in [4.69, 9.17) is 4.74 Å². The summed E-state index contributed by atoms with van der Waals surface area (Å²) in [6.45, 7) is 1.43. The molecule has 0 aromatic heterocycles. The Morgan fingerprint density at radius 1 is 1.22 bits per heavy atom. The Morgan fingerprint density at radius 2 is 1.96 bits per heavy atom. The number of benzene rings is 2. The SMILES string of the molecule is CC(=O)CN1C(=O)C(Cc2ccccc2)Oc2cc(O)ccc21. The highest BCUT2D eigenvalue weighted by Gasteiger charge is 2.35. The second-order valence-electron chi connectivity index (χ2n) is 5.57. The first-order chi connectivity index (χ1) is 11.0. The highest BCUT2D eigenvalue weighted by Crippen LogP contribution is 2.37. The molecule has 2 aromatic carbocycles. The number of ketones is 1. The van der Waals surface area contributed by atoms with E-state index in [-0.39, 0.29) is 24.0 Å². The van der Waals surface area contributed by atoms with Crippen molar-refractivity contribution >= 4 is 17.4 Å². The van der Waals surface area contributed by atoms with Gasteiger partial charge in [-0.25, -0.2) is 0 Å². The second-order valence-corrected chi connectivity index (χ2v) is 5.57. The van der Waals surface area contributed by atoms with Crippen LogP contribution >= 0.6 is 0 Å². The van der Waals surface area contributed by atoms with E-state index in [0.717, 1.165) is 5.56 Å². The molecular weight excluding hydrogens is 294 g/mol. The molecule has 1 amide bonds. The third-order valence-electron chi connectivity index (χ3n) is 3.69. The summed E-state index contributed by atoms with van der Waals surface area (Å²) in [5, 5.41) is 9.65. The molecule has 118 valence electrons. The van der Waals surface area contributed by atoms with Crippen LogP contribution < -0.4 is 9.64 Å². The summed E-state index contributed by atoms with van der Waals surface area (Å²) in [7, 11) is 0. The average molecular weight is 311 g/mol. The Balaban J connectivity index is 1.94. The standard InChI is InChI=1S/C18H17NO4/c1-12(20)11-19-15-8-7-14(21)10-16(15)23-17(18(19)22)9-13-5-3-2-4-6-13/h2-8,10,17,21H,9,11H2,1H3. The number of phenolic OH excluding ortho intramolecular Hbond substituents is 1. The Labute approximate surface area is 134 Å². The fourth-order valence-corrected chi connectivity index (χ4v) is 2.66. The highest BCUT2D eigenvalue weighted by molar-refractivity contribution is 6.04. The summed E-state index contributed by atoms with van der Waals surface area (Å²) in [6.07, 6.45) is -0.311. The third-order valence-corrected chi connectivity index (χ3v) is 3.69. The zero-order chi connectivity index (χ0) is 16.4. The molecular formula is C18H17NO4. The fourth-order valence-electron chi connectivity index (χ4n) is 2.66. The first-order valence-electron chi connectivity index (χ1n) is 7.39. The van der Waals surface area contributed by atoms with Crippen LogP contribution in [0.5, 0.6) is 11.5 Å². The van der Waals surface area contributed by atoms with E-state index in [1.807, 2.05) is 30.3 Å². The van der Waals surface area contributed by atoms with Crippen LogP contribution in [0.15, 0.2) is 48.5 Å². The molecule has 2 aromatic rings. The van der Waals surface area contributed by atoms with Crippen molar-refractivity contribution in [3.05, 3.63) is 54.1 Å². The van der Waals surface area contributed by atoms with Gasteiger partial charge in [0, 0.05) is 12.5 Å². The monoisotopic (exact) mass is 311 g/mol. The van der Waals surface area contributed by atoms with Gasteiger partial charge < -0.3 is 9.84 Å². The molecule has 0 saturated heterocycles. The van der Waals surface area contributed by atoms with Gasteiger partial charge in [-0.1, -0.05) is 30.3 Å². The van der Waals surface area contributed by atoms with Gasteiger partial charge in [0.05, 0.1) is 12.2 Å². The molecule has 0 fully saturated rings. The van der Waals surface area contributed by atoms with Crippen LogP contribution in [0.3, 0.4) is 0 Å². The van der Waals surface area contributed by atoms with Crippen LogP contribution in [0.1, 0.15) is 12.5 Å². The third kappa shape index (κ3) is 3.18. The van der Waals surface area contributed by atoms with Crippen LogP contribution in [-0.2, 0) is 16.0 Å². The zero-order valence-electron chi connectivity index (χ0n) is 12.7. The Kier molecular flexibility index (Phi) is 4.02. The minimum absolute atomic E-state index is 0.00867. The number of carbonyl (C=O) groups excluding carboxylic acids is 2. The van der Waals surface area contributed by atoms with Gasteiger partial charge in [0.25, 0.3) is 5.91 Å². The molecule has 1 N–H and O–H groups in total. The Morgan fingerprint density at radius 3 is 2.65 bits per heavy atom. The van der Waals surface area contributed by atoms with Gasteiger partial charge in [-0.3, -0.25) is 14.5 Å². The van der Waals surface area contributed by atoms with Crippen LogP contribution in [0.2, 0.25) is 0 Å². The number of anilines is 1. The number of fused-ring (bicyclic) bond motifs is 1. The summed E-state index contributed by atoms with van der Waals surface area (Å²) >= 11 is 0. The van der Waals surface area contributed by atoms with Gasteiger partial charge in [-0.05, 0) is 24.6 Å². The van der Waals surface area contributed by atoms with Crippen LogP contribution in [0, 0.1) is 0 Å². The quantitative estimate of drug-likeness (QED) is 0.941. The average Bonchev–Trinajstić information content (AvgIpc) is 2.52. The number of aromatic hydroxyl groups is 1. The molecule has 0 aliphatic carbocycles. The number of hydrogen-bond donors (Lipinski definition) is 1. The van der Waals surface area contributed by atoms with Gasteiger partial charge in [-0.15, -0.1) is 0 Å². The predicted octanol–water partition coefficient (Wildman–Crippen LogP) is 2.32. The maximum atomic E-state index is 12.7. The fraction of sp³-hybridized carbons (Fsp3) is 0.222. The largest absolute Gasteiger partial charge is 0.508 e. The van der Waals surface area contributed by atoms with Crippen LogP contribution in [0.4, 0.5) is 5.69 Å². The summed E-state index contributed by atoms with van der Waals surface area (Å²) < 4.78 is 5.78. The van der Waals surface area contributed by atoms with Gasteiger partial charge in [0.2, 0.25) is 0 Å². The van der Waals surface area contributed by atoms with Crippen molar-refractivity contribution in [3.8, 4) is 11.5 Å². The Hall–Kier alpha value is -2.82. The number of carbonyl (C=O) groups is 2. The van der Waals surface area contributed by atoms with Crippen molar-refractivity contribution < 1.29 is 19.4 Å². The molecule has 23 heavy (non-hydrogen) atoms. The summed E-state index contributed by atoms with van der Waals surface area (Å²) in [6, 6.07) is 14.1. The van der Waals surface area contributed by atoms with Crippen molar-refractivity contribution in [3.63, 3.8) is 0 Å². The van der Waals surface area contributed by atoms with E-state index in [2.05, 4.69) is 0 Å². The topological polar surface area (TPSA) is 66.8 Å². The number of amides is 1. The number of rotatable bonds is 4. The van der Waals surface area contributed by atoms with Crippen molar-refractivity contribution in [2.24, 2.45) is 0 Å². The molecule has 1 unspecified atom stereocenters. The molecule has 0 radical (unpaired) electrons. The number of nitrogens with zero attached hydrogens (tertiary/aromatic N) is 1. The lowest BCUT2D eigenvalue weighted by Gasteiger charge is -2.34. The number of ether oxygens (including phenoxy) is 1. The molecule has 1 heterocycles. The lowest BCUT2D eigenvalue weighted by atomic mass is 10.0. The van der Waals surface area contributed by atoms with Crippen LogP contribution in [0.25, 0.3) is 0 Å². The van der Waals surface area contributed by atoms with E-state index in [1.165, 1.54) is 24.0 Å². The van der Waals surface area contributed by atoms with Gasteiger partial charge in [0.1, 0.15) is 17.3 Å². The maximum absolute atomic E-state index is 12.7. The van der Waals surface area contributed by atoms with Crippen molar-refractivity contribution in [2.75, 3.05) is 11.4 Å². The molecule has 0 spiro atoms. The summed E-state index contributed by atoms with van der Waals surface area (Å²) in [5.41, 5.74) is 1.48. The van der Waals surface area contributed by atoms with Gasteiger partial charge in [-0.2, -0.15) is 0 Å². The molecule has 0 saturated carbocycles. The summed E-state index contributed by atoms with van der Waals surface area (Å²) in [4.78, 5) is 25.6. The van der Waals surface area contributed by atoms with Crippen LogP contribution in [-0.4, -0.2) is 29.4 Å². The molecule has 0 bridgehead atoms. The zero-order valence-corrected chi connectivity index (χ0v) is 12.7. The highest BCUT2D eigenvalue weighted by atomic mass is 16.5. The molecule has 3 rings (SSSR count). The van der Waals surface area contributed by atoms with E-state index < -0.39 is 6.10 Å². The van der Waals surface area contributed by atoms with Gasteiger partial charge >= 0.3 is 0 Å². The van der Waals surface area contributed by atoms with Crippen molar-refractivity contribution in [1.82, 2.24) is 0 Å². The maximum Gasteiger partial charge on any atom is 0.268 e. The first-order valence-corrected chi connectivity index (χ1v) is 7.39. The lowest BCUT2D eigenvalue weighted by Crippen LogP contribution is -2.48. The van der Waals surface area contributed by atoms with Crippen molar-refractivity contribution in [1.29, 1.82) is 0 Å². The lowest BCUT2D eigenvalue weighted by molar-refractivity contribution is -0.128. The smallest absolute Gasteiger partial charge is 0.268 e. The first kappa shape index (κ1) is 15.1. The summed E-state index contributed by atoms with van der Waals surface area (Å²) in [5.74, 6) is 0.103. The predicted molar refractivity (Wildman–Crippen MR) is 85.7 cm³/mol. The number of hydrogen-bond acceptors (Lipinski definition) is 4. The normalized spacial score (nSPS) is 16.7. The van der Waals surface area contributed by atoms with E-state index >= 15 is 0 Å². The molecule has 5 nitrogen and oxygen atoms in total.